The highest BCUT2D eigenvalue weighted by Crippen LogP contribution is 2.14. The fourth-order valence-electron chi connectivity index (χ4n) is 3.43. The van der Waals surface area contributed by atoms with Crippen molar-refractivity contribution < 1.29 is 14.0 Å². The zero-order valence-electron chi connectivity index (χ0n) is 15.2. The van der Waals surface area contributed by atoms with Crippen LogP contribution in [-0.4, -0.2) is 45.4 Å². The van der Waals surface area contributed by atoms with Crippen molar-refractivity contribution in [3.8, 4) is 0 Å². The summed E-state index contributed by atoms with van der Waals surface area (Å²) >= 11 is 0. The summed E-state index contributed by atoms with van der Waals surface area (Å²) in [6.45, 7) is 1.01. The molecule has 0 atom stereocenters. The molecule has 0 spiro atoms. The lowest BCUT2D eigenvalue weighted by Gasteiger charge is -2.31. The van der Waals surface area contributed by atoms with Gasteiger partial charge in [-0.25, -0.2) is 4.98 Å². The summed E-state index contributed by atoms with van der Waals surface area (Å²) < 4.78 is 6.46. The minimum Gasteiger partial charge on any atom is -0.459 e. The number of nitrogens with one attached hydrogen (secondary N) is 1. The maximum absolute atomic E-state index is 12.5. The van der Waals surface area contributed by atoms with Crippen molar-refractivity contribution in [2.24, 2.45) is 0 Å². The molecule has 0 saturated carbocycles. The number of para-hydroxylation sites is 1. The van der Waals surface area contributed by atoms with Crippen molar-refractivity contribution in [2.75, 3.05) is 13.1 Å². The van der Waals surface area contributed by atoms with Gasteiger partial charge in [0.05, 0.1) is 23.5 Å². The molecule has 0 aliphatic carbocycles. The Morgan fingerprint density at radius 2 is 1.93 bits per heavy atom. The van der Waals surface area contributed by atoms with Crippen LogP contribution >= 0.6 is 0 Å². The van der Waals surface area contributed by atoms with E-state index in [1.54, 1.807) is 35.2 Å². The Hall–Kier alpha value is -3.42. The summed E-state index contributed by atoms with van der Waals surface area (Å²) in [7, 11) is 0. The molecule has 1 saturated heterocycles. The second-order valence-electron chi connectivity index (χ2n) is 6.81. The lowest BCUT2D eigenvalue weighted by Crippen LogP contribution is -2.47. The molecule has 28 heavy (non-hydrogen) atoms. The van der Waals surface area contributed by atoms with E-state index in [1.165, 1.54) is 17.2 Å². The molecule has 1 aliphatic rings. The van der Waals surface area contributed by atoms with Crippen molar-refractivity contribution in [3.05, 3.63) is 65.1 Å². The smallest absolute Gasteiger partial charge is 0.289 e. The summed E-state index contributed by atoms with van der Waals surface area (Å²) in [4.78, 5) is 43.1. The van der Waals surface area contributed by atoms with Crippen LogP contribution in [0.15, 0.2) is 58.2 Å². The average Bonchev–Trinajstić information content (AvgIpc) is 3.25. The molecule has 8 nitrogen and oxygen atoms in total. The number of amides is 2. The minimum atomic E-state index is -0.241. The number of benzene rings is 1. The molecule has 1 fully saturated rings. The third-order valence-corrected chi connectivity index (χ3v) is 4.92. The molecule has 2 aromatic heterocycles. The van der Waals surface area contributed by atoms with Crippen molar-refractivity contribution in [2.45, 2.75) is 25.4 Å². The monoisotopic (exact) mass is 380 g/mol. The molecule has 8 heteroatoms. The number of aromatic nitrogens is 2. The number of nitrogens with zero attached hydrogens (tertiary/aromatic N) is 3. The number of furan rings is 1. The second-order valence-corrected chi connectivity index (χ2v) is 6.81. The van der Waals surface area contributed by atoms with Gasteiger partial charge in [-0.1, -0.05) is 12.1 Å². The van der Waals surface area contributed by atoms with Gasteiger partial charge in [-0.3, -0.25) is 19.0 Å². The Kier molecular flexibility index (Phi) is 4.92. The molecule has 0 unspecified atom stereocenters. The first kappa shape index (κ1) is 18.0. The quantitative estimate of drug-likeness (QED) is 0.738. The average molecular weight is 380 g/mol. The Morgan fingerprint density at radius 1 is 1.14 bits per heavy atom. The number of likely N-dealkylation sites (tertiary alicyclic amines) is 1. The van der Waals surface area contributed by atoms with Crippen LogP contribution in [-0.2, 0) is 11.3 Å². The van der Waals surface area contributed by atoms with Crippen LogP contribution in [0.25, 0.3) is 10.9 Å². The van der Waals surface area contributed by atoms with Crippen molar-refractivity contribution >= 4 is 22.7 Å². The van der Waals surface area contributed by atoms with Crippen LogP contribution in [0.5, 0.6) is 0 Å². The molecule has 144 valence electrons. The molecule has 1 N–H and O–H groups in total. The summed E-state index contributed by atoms with van der Waals surface area (Å²) in [5.41, 5.74) is 0.373. The third-order valence-electron chi connectivity index (χ3n) is 4.92. The predicted octanol–water partition coefficient (Wildman–Crippen LogP) is 1.41. The van der Waals surface area contributed by atoms with Gasteiger partial charge in [0.25, 0.3) is 11.5 Å². The summed E-state index contributed by atoms with van der Waals surface area (Å²) in [5, 5.41) is 3.44. The van der Waals surface area contributed by atoms with E-state index in [2.05, 4.69) is 10.3 Å². The number of piperidine rings is 1. The molecule has 3 heterocycles. The second kappa shape index (κ2) is 7.67. The van der Waals surface area contributed by atoms with Gasteiger partial charge in [-0.2, -0.15) is 0 Å². The molecular formula is C20H20N4O4. The van der Waals surface area contributed by atoms with E-state index in [0.717, 1.165) is 0 Å². The molecule has 0 radical (unpaired) electrons. The summed E-state index contributed by atoms with van der Waals surface area (Å²) in [6.07, 6.45) is 4.19. The first-order valence-corrected chi connectivity index (χ1v) is 9.18. The van der Waals surface area contributed by atoms with Gasteiger partial charge in [-0.05, 0) is 37.1 Å². The number of hydrogen-bond acceptors (Lipinski definition) is 5. The maximum Gasteiger partial charge on any atom is 0.289 e. The number of carbonyl (C=O) groups excluding carboxylic acids is 2. The van der Waals surface area contributed by atoms with Gasteiger partial charge in [0.2, 0.25) is 5.91 Å². The van der Waals surface area contributed by atoms with E-state index in [0.29, 0.717) is 42.6 Å². The van der Waals surface area contributed by atoms with Crippen LogP contribution in [0.4, 0.5) is 0 Å². The van der Waals surface area contributed by atoms with Gasteiger partial charge >= 0.3 is 0 Å². The van der Waals surface area contributed by atoms with Gasteiger partial charge in [0.15, 0.2) is 5.76 Å². The van der Waals surface area contributed by atoms with Crippen LogP contribution in [0, 0.1) is 0 Å². The van der Waals surface area contributed by atoms with Crippen LogP contribution < -0.4 is 10.9 Å². The van der Waals surface area contributed by atoms with Crippen LogP contribution in [0.1, 0.15) is 23.4 Å². The largest absolute Gasteiger partial charge is 0.459 e. The van der Waals surface area contributed by atoms with Crippen LogP contribution in [0.3, 0.4) is 0 Å². The molecule has 4 rings (SSSR count). The standard InChI is InChI=1S/C20H20N4O4/c25-18(12-24-13-21-16-5-2-1-4-15(16)19(24)26)22-14-7-9-23(10-8-14)20(27)17-6-3-11-28-17/h1-6,11,13-14H,7-10,12H2,(H,22,25). The van der Waals surface area contributed by atoms with Gasteiger partial charge in [-0.15, -0.1) is 0 Å². The summed E-state index contributed by atoms with van der Waals surface area (Å²) in [6, 6.07) is 10.3. The number of carbonyl (C=O) groups is 2. The normalized spacial score (nSPS) is 14.9. The lowest BCUT2D eigenvalue weighted by atomic mass is 10.0. The van der Waals surface area contributed by atoms with Gasteiger partial charge < -0.3 is 14.6 Å². The maximum atomic E-state index is 12.5. The first-order valence-electron chi connectivity index (χ1n) is 9.18. The molecule has 3 aromatic rings. The molecule has 0 bridgehead atoms. The molecule has 1 aromatic carbocycles. The fraction of sp³-hybridized carbons (Fsp3) is 0.300. The third kappa shape index (κ3) is 3.66. The zero-order chi connectivity index (χ0) is 19.5. The van der Waals surface area contributed by atoms with Gasteiger partial charge in [0, 0.05) is 19.1 Å². The minimum absolute atomic E-state index is 0.0303. The number of hydrogen-bond donors (Lipinski definition) is 1. The highest BCUT2D eigenvalue weighted by Gasteiger charge is 2.25. The fourth-order valence-corrected chi connectivity index (χ4v) is 3.43. The van der Waals surface area contributed by atoms with E-state index >= 15 is 0 Å². The van der Waals surface area contributed by atoms with Crippen LogP contribution in [0.2, 0.25) is 0 Å². The lowest BCUT2D eigenvalue weighted by molar-refractivity contribution is -0.122. The van der Waals surface area contributed by atoms with E-state index in [4.69, 9.17) is 4.42 Å². The highest BCUT2D eigenvalue weighted by molar-refractivity contribution is 5.91. The van der Waals surface area contributed by atoms with Crippen molar-refractivity contribution in [3.63, 3.8) is 0 Å². The Bertz CT molecular complexity index is 1050. The number of fused-ring (bicyclic) bond motifs is 1. The van der Waals surface area contributed by atoms with E-state index in [1.807, 2.05) is 6.07 Å². The van der Waals surface area contributed by atoms with Crippen molar-refractivity contribution in [1.82, 2.24) is 19.8 Å². The van der Waals surface area contributed by atoms with E-state index in [9.17, 15) is 14.4 Å². The van der Waals surface area contributed by atoms with Crippen molar-refractivity contribution in [1.29, 1.82) is 0 Å². The highest BCUT2D eigenvalue weighted by atomic mass is 16.3. The predicted molar refractivity (Wildman–Crippen MR) is 102 cm³/mol. The Morgan fingerprint density at radius 3 is 2.68 bits per heavy atom. The SMILES string of the molecule is O=C(Cn1cnc2ccccc2c1=O)NC1CCN(C(=O)c2ccco2)CC1. The van der Waals surface area contributed by atoms with E-state index < -0.39 is 0 Å². The zero-order valence-corrected chi connectivity index (χ0v) is 15.2. The van der Waals surface area contributed by atoms with Gasteiger partial charge in [0.1, 0.15) is 6.54 Å². The van der Waals surface area contributed by atoms with E-state index in [-0.39, 0.29) is 30.0 Å². The Labute approximate surface area is 160 Å². The molecule has 1 aliphatic heterocycles. The summed E-state index contributed by atoms with van der Waals surface area (Å²) in [5.74, 6) is -0.0516. The topological polar surface area (TPSA) is 97.4 Å². The molecule has 2 amide bonds. The first-order chi connectivity index (χ1) is 13.6. The number of rotatable bonds is 4. The molecular weight excluding hydrogens is 360 g/mol. The Balaban J connectivity index is 1.33.